The highest BCUT2D eigenvalue weighted by atomic mass is 19.4. The number of hydrogen-bond donors (Lipinski definition) is 3. The van der Waals surface area contributed by atoms with Gasteiger partial charge in [-0.3, -0.25) is 9.69 Å². The second kappa shape index (κ2) is 11.8. The molecule has 210 valence electrons. The summed E-state index contributed by atoms with van der Waals surface area (Å²) in [5.41, 5.74) is 10.9. The average Bonchev–Trinajstić information content (AvgIpc) is 3.42. The summed E-state index contributed by atoms with van der Waals surface area (Å²) in [5, 5.41) is 10.1. The molecule has 2 amide bonds. The van der Waals surface area contributed by atoms with Crippen LogP contribution in [0, 0.1) is 0 Å². The Kier molecular flexibility index (Phi) is 8.43. The van der Waals surface area contributed by atoms with Crippen molar-refractivity contribution in [3.8, 4) is 0 Å². The van der Waals surface area contributed by atoms with E-state index in [2.05, 4.69) is 29.6 Å². The summed E-state index contributed by atoms with van der Waals surface area (Å²) in [6, 6.07) is 25.4. The molecule has 5 rings (SSSR count). The predicted molar refractivity (Wildman–Crippen MR) is 142 cm³/mol. The molecule has 1 aliphatic carbocycles. The number of halogens is 3. The molecule has 2 atom stereocenters. The van der Waals surface area contributed by atoms with Gasteiger partial charge in [0.2, 0.25) is 0 Å². The Labute approximate surface area is 228 Å². The van der Waals surface area contributed by atoms with Crippen LogP contribution >= 0.6 is 0 Å². The number of hydrogen-bond acceptors (Lipinski definition) is 5. The number of carboxylic acid groups (broad SMARTS) is 1. The van der Waals surface area contributed by atoms with Crippen LogP contribution in [-0.4, -0.2) is 47.9 Å². The monoisotopic (exact) mass is 555 g/mol. The summed E-state index contributed by atoms with van der Waals surface area (Å²) in [6.45, 7) is 0.847. The highest BCUT2D eigenvalue weighted by Crippen LogP contribution is 2.52. The van der Waals surface area contributed by atoms with Crippen molar-refractivity contribution in [2.45, 2.75) is 36.9 Å². The van der Waals surface area contributed by atoms with E-state index in [1.807, 2.05) is 30.3 Å². The molecule has 8 nitrogen and oxygen atoms in total. The van der Waals surface area contributed by atoms with E-state index in [1.165, 1.54) is 16.0 Å². The molecule has 0 radical (unpaired) electrons. The largest absolute Gasteiger partial charge is 0.490 e. The minimum atomic E-state index is -5.08. The lowest BCUT2D eigenvalue weighted by Gasteiger charge is -2.14. The van der Waals surface area contributed by atoms with E-state index in [0.29, 0.717) is 30.3 Å². The second-order valence-corrected chi connectivity index (χ2v) is 9.67. The van der Waals surface area contributed by atoms with Crippen LogP contribution in [0.4, 0.5) is 29.3 Å². The highest BCUT2D eigenvalue weighted by molar-refractivity contribution is 6.05. The minimum absolute atomic E-state index is 0.155. The van der Waals surface area contributed by atoms with Crippen molar-refractivity contribution in [2.24, 2.45) is 5.73 Å². The molecule has 1 saturated carbocycles. The fraction of sp³-hybridized carbons (Fsp3) is 0.276. The molecule has 11 heteroatoms. The molecule has 1 aliphatic heterocycles. The van der Waals surface area contributed by atoms with Gasteiger partial charge in [0.05, 0.1) is 6.54 Å². The van der Waals surface area contributed by atoms with Gasteiger partial charge < -0.3 is 20.9 Å². The molecule has 4 N–H and O–H groups in total. The van der Waals surface area contributed by atoms with E-state index in [1.54, 1.807) is 24.3 Å². The van der Waals surface area contributed by atoms with Gasteiger partial charge >= 0.3 is 18.2 Å². The van der Waals surface area contributed by atoms with Gasteiger partial charge in [0.1, 0.15) is 6.61 Å². The SMILES string of the molecule is NC1(CCc2ccccc2)CC1c1ccc(NC(=O)c2cccc(N3CCOC3=O)c2)cc1.O=C(O)C(F)(F)F. The topological polar surface area (TPSA) is 122 Å². The number of carboxylic acids is 1. The number of cyclic esters (lactones) is 1. The lowest BCUT2D eigenvalue weighted by molar-refractivity contribution is -0.192. The number of benzene rings is 3. The summed E-state index contributed by atoms with van der Waals surface area (Å²) in [5.74, 6) is -2.63. The van der Waals surface area contributed by atoms with Crippen LogP contribution in [0.5, 0.6) is 0 Å². The van der Waals surface area contributed by atoms with E-state index in [9.17, 15) is 22.8 Å². The standard InChI is InChI=1S/C27H27N3O3.C2HF3O2/c28-27(14-13-19-5-2-1-3-6-19)18-24(27)20-9-11-22(12-10-20)29-25(31)21-7-4-8-23(17-21)30-15-16-33-26(30)32;3-2(4,5)1(6)7/h1-12,17,24H,13-16,18,28H2,(H,29,31);(H,6,7). The number of ether oxygens (including phenoxy) is 1. The minimum Gasteiger partial charge on any atom is -0.475 e. The number of rotatable bonds is 7. The molecule has 1 heterocycles. The number of amides is 2. The van der Waals surface area contributed by atoms with Crippen LogP contribution < -0.4 is 16.0 Å². The molecule has 2 aliphatic rings. The molecule has 40 heavy (non-hydrogen) atoms. The summed E-state index contributed by atoms with van der Waals surface area (Å²) in [4.78, 5) is 35.0. The fourth-order valence-electron chi connectivity index (χ4n) is 4.51. The molecule has 3 aromatic rings. The Morgan fingerprint density at radius 2 is 1.73 bits per heavy atom. The van der Waals surface area contributed by atoms with Gasteiger partial charge in [-0.15, -0.1) is 0 Å². The van der Waals surface area contributed by atoms with E-state index >= 15 is 0 Å². The van der Waals surface area contributed by atoms with Crippen LogP contribution in [0.15, 0.2) is 78.9 Å². The quantitative estimate of drug-likeness (QED) is 0.362. The van der Waals surface area contributed by atoms with Gasteiger partial charge in [-0.05, 0) is 60.7 Å². The molecule has 1 saturated heterocycles. The number of carbonyl (C=O) groups is 3. The van der Waals surface area contributed by atoms with Gasteiger partial charge in [0.15, 0.2) is 0 Å². The zero-order valence-corrected chi connectivity index (χ0v) is 21.4. The van der Waals surface area contributed by atoms with Crippen molar-refractivity contribution in [1.29, 1.82) is 0 Å². The van der Waals surface area contributed by atoms with Crippen molar-refractivity contribution in [2.75, 3.05) is 23.4 Å². The zero-order valence-electron chi connectivity index (χ0n) is 21.4. The molecule has 2 unspecified atom stereocenters. The van der Waals surface area contributed by atoms with Crippen LogP contribution in [0.25, 0.3) is 0 Å². The summed E-state index contributed by atoms with van der Waals surface area (Å²) in [6.07, 6.45) is -2.54. The third-order valence-electron chi connectivity index (χ3n) is 6.83. The Morgan fingerprint density at radius 3 is 2.33 bits per heavy atom. The lowest BCUT2D eigenvalue weighted by atomic mass is 9.99. The van der Waals surface area contributed by atoms with Crippen LogP contribution in [0.2, 0.25) is 0 Å². The number of alkyl halides is 3. The first-order valence-corrected chi connectivity index (χ1v) is 12.5. The number of aryl methyl sites for hydroxylation is 1. The normalized spacial score (nSPS) is 19.8. The second-order valence-electron chi connectivity index (χ2n) is 9.67. The Morgan fingerprint density at radius 1 is 1.05 bits per heavy atom. The highest BCUT2D eigenvalue weighted by Gasteiger charge is 2.50. The molecule has 0 aromatic heterocycles. The molecular formula is C29H28F3N3O5. The first-order chi connectivity index (χ1) is 19.0. The van der Waals surface area contributed by atoms with Gasteiger partial charge in [-0.2, -0.15) is 13.2 Å². The van der Waals surface area contributed by atoms with Crippen LogP contribution in [0.3, 0.4) is 0 Å². The Bertz CT molecular complexity index is 1370. The van der Waals surface area contributed by atoms with Gasteiger partial charge in [-0.25, -0.2) is 9.59 Å². The summed E-state index contributed by atoms with van der Waals surface area (Å²) < 4.78 is 36.7. The lowest BCUT2D eigenvalue weighted by Crippen LogP contribution is -2.25. The predicted octanol–water partition coefficient (Wildman–Crippen LogP) is 5.35. The molecule has 2 fully saturated rings. The average molecular weight is 556 g/mol. The van der Waals surface area contributed by atoms with E-state index in [0.717, 1.165) is 24.9 Å². The smallest absolute Gasteiger partial charge is 0.475 e. The van der Waals surface area contributed by atoms with Crippen molar-refractivity contribution < 1.29 is 37.4 Å². The molecule has 0 bridgehead atoms. The number of nitrogens with one attached hydrogen (secondary N) is 1. The Balaban J connectivity index is 0.000000470. The summed E-state index contributed by atoms with van der Waals surface area (Å²) >= 11 is 0. The Hall–Kier alpha value is -4.38. The van der Waals surface area contributed by atoms with E-state index < -0.39 is 12.1 Å². The summed E-state index contributed by atoms with van der Waals surface area (Å²) in [7, 11) is 0. The fourth-order valence-corrected chi connectivity index (χ4v) is 4.51. The van der Waals surface area contributed by atoms with Crippen LogP contribution in [0.1, 0.15) is 40.2 Å². The molecule has 0 spiro atoms. The van der Waals surface area contributed by atoms with E-state index in [4.69, 9.17) is 20.4 Å². The molecule has 3 aromatic carbocycles. The van der Waals surface area contributed by atoms with Crippen molar-refractivity contribution in [3.63, 3.8) is 0 Å². The maximum Gasteiger partial charge on any atom is 0.490 e. The molecular weight excluding hydrogens is 527 g/mol. The third kappa shape index (κ3) is 7.17. The van der Waals surface area contributed by atoms with Gasteiger partial charge in [-0.1, -0.05) is 48.5 Å². The number of aliphatic carboxylic acids is 1. The van der Waals surface area contributed by atoms with Crippen molar-refractivity contribution in [1.82, 2.24) is 0 Å². The van der Waals surface area contributed by atoms with Crippen LogP contribution in [-0.2, 0) is 16.0 Å². The van der Waals surface area contributed by atoms with Crippen molar-refractivity contribution in [3.05, 3.63) is 95.6 Å². The zero-order chi connectivity index (χ0) is 28.9. The number of anilines is 2. The first kappa shape index (κ1) is 28.6. The number of nitrogens with two attached hydrogens (primary N) is 1. The van der Waals surface area contributed by atoms with E-state index in [-0.39, 0.29) is 17.5 Å². The van der Waals surface area contributed by atoms with Gasteiger partial charge in [0.25, 0.3) is 5.91 Å². The van der Waals surface area contributed by atoms with Gasteiger partial charge in [0, 0.05) is 28.4 Å². The van der Waals surface area contributed by atoms with Crippen molar-refractivity contribution >= 4 is 29.3 Å². The first-order valence-electron chi connectivity index (χ1n) is 12.5. The third-order valence-corrected chi connectivity index (χ3v) is 6.83. The number of carbonyl (C=O) groups excluding carboxylic acids is 2. The maximum absolute atomic E-state index is 12.8. The maximum atomic E-state index is 12.8. The number of nitrogens with zero attached hydrogens (tertiary/aromatic N) is 1.